The minimum atomic E-state index is -0.496. The molecule has 2 saturated heterocycles. The van der Waals surface area contributed by atoms with Gasteiger partial charge in [0.25, 0.3) is 5.91 Å². The number of anilines is 1. The maximum Gasteiger partial charge on any atom is 0.407 e. The highest BCUT2D eigenvalue weighted by Gasteiger charge is 2.52. The van der Waals surface area contributed by atoms with Crippen LogP contribution in [0.2, 0.25) is 0 Å². The Balaban J connectivity index is 1.08. The van der Waals surface area contributed by atoms with Gasteiger partial charge in [0, 0.05) is 50.7 Å². The summed E-state index contributed by atoms with van der Waals surface area (Å²) in [4.78, 5) is 40.1. The van der Waals surface area contributed by atoms with Gasteiger partial charge < -0.3 is 29.5 Å². The lowest BCUT2D eigenvalue weighted by Gasteiger charge is -2.61. The fourth-order valence-corrected chi connectivity index (χ4v) is 6.53. The molecule has 44 heavy (non-hydrogen) atoms. The first kappa shape index (κ1) is 31.9. The molecule has 11 heteroatoms. The number of amides is 2. The lowest BCUT2D eigenvalue weighted by Crippen LogP contribution is -2.72. The predicted molar refractivity (Wildman–Crippen MR) is 167 cm³/mol. The number of hydrogen-bond acceptors (Lipinski definition) is 8. The van der Waals surface area contributed by atoms with Gasteiger partial charge >= 0.3 is 6.09 Å². The largest absolute Gasteiger partial charge is 0.451 e. The zero-order valence-electron chi connectivity index (χ0n) is 26.9. The van der Waals surface area contributed by atoms with E-state index in [4.69, 9.17) is 9.47 Å². The van der Waals surface area contributed by atoms with Crippen LogP contribution < -0.4 is 15.0 Å². The Morgan fingerprint density at radius 1 is 1.11 bits per heavy atom. The van der Waals surface area contributed by atoms with E-state index in [0.29, 0.717) is 17.5 Å². The number of carbonyl (C=O) groups is 2. The van der Waals surface area contributed by atoms with Crippen molar-refractivity contribution >= 4 is 17.8 Å². The van der Waals surface area contributed by atoms with E-state index in [1.807, 2.05) is 34.6 Å². The van der Waals surface area contributed by atoms with Crippen LogP contribution in [0.25, 0.3) is 0 Å². The maximum atomic E-state index is 14.1. The van der Waals surface area contributed by atoms with Crippen molar-refractivity contribution in [2.24, 2.45) is 11.3 Å². The van der Waals surface area contributed by atoms with Crippen molar-refractivity contribution in [3.63, 3.8) is 0 Å². The molecule has 1 aromatic carbocycles. The number of hydrogen-bond donors (Lipinski definition) is 1. The van der Waals surface area contributed by atoms with E-state index >= 15 is 0 Å². The van der Waals surface area contributed by atoms with Crippen LogP contribution in [0, 0.1) is 17.2 Å². The van der Waals surface area contributed by atoms with E-state index in [1.54, 1.807) is 18.1 Å². The van der Waals surface area contributed by atoms with Gasteiger partial charge in [-0.3, -0.25) is 4.79 Å². The first-order valence-corrected chi connectivity index (χ1v) is 15.8. The van der Waals surface area contributed by atoms with E-state index in [-0.39, 0.29) is 40.8 Å². The number of likely N-dealkylation sites (tertiary alicyclic amines) is 1. The minimum absolute atomic E-state index is 0.0447. The fourth-order valence-electron chi connectivity index (χ4n) is 6.53. The minimum Gasteiger partial charge on any atom is -0.451 e. The summed E-state index contributed by atoms with van der Waals surface area (Å²) in [6, 6.07) is 4.16. The molecule has 0 radical (unpaired) electrons. The number of alkyl carbamates (subject to hydrolysis) is 1. The van der Waals surface area contributed by atoms with Gasteiger partial charge in [0.2, 0.25) is 0 Å². The molecule has 0 bridgehead atoms. The Hall–Kier alpha value is -3.47. The number of aromatic nitrogens is 2. The van der Waals surface area contributed by atoms with Gasteiger partial charge in [0.15, 0.2) is 11.6 Å². The topological polar surface area (TPSA) is 100 Å². The fraction of sp³-hybridized carbons (Fsp3) is 0.636. The van der Waals surface area contributed by atoms with Crippen LogP contribution in [-0.2, 0) is 4.74 Å². The zero-order chi connectivity index (χ0) is 31.6. The van der Waals surface area contributed by atoms with Gasteiger partial charge in [0.05, 0.1) is 11.8 Å². The summed E-state index contributed by atoms with van der Waals surface area (Å²) in [6.45, 7) is 14.5. The van der Waals surface area contributed by atoms with E-state index in [2.05, 4.69) is 25.1 Å². The van der Waals surface area contributed by atoms with E-state index < -0.39 is 11.4 Å². The molecule has 1 aromatic heterocycles. The van der Waals surface area contributed by atoms with Gasteiger partial charge in [-0.05, 0) is 97.4 Å². The molecule has 1 saturated carbocycles. The number of rotatable bonds is 9. The van der Waals surface area contributed by atoms with E-state index in [0.717, 1.165) is 58.4 Å². The predicted octanol–water partition coefficient (Wildman–Crippen LogP) is 5.48. The molecule has 1 aliphatic carbocycles. The summed E-state index contributed by atoms with van der Waals surface area (Å²) in [6.07, 6.45) is 8.27. The normalized spacial score (nSPS) is 21.4. The Morgan fingerprint density at radius 2 is 1.82 bits per heavy atom. The smallest absolute Gasteiger partial charge is 0.407 e. The number of nitrogens with zero attached hydrogens (tertiary/aromatic N) is 5. The average molecular weight is 611 g/mol. The van der Waals surface area contributed by atoms with Crippen molar-refractivity contribution in [2.75, 3.05) is 44.7 Å². The molecule has 3 fully saturated rings. The molecular weight excluding hydrogens is 563 g/mol. The summed E-state index contributed by atoms with van der Waals surface area (Å²) in [5, 5.41) is 3.04. The van der Waals surface area contributed by atoms with Crippen molar-refractivity contribution in [3.8, 4) is 11.5 Å². The second kappa shape index (κ2) is 12.9. The molecule has 0 unspecified atom stereocenters. The van der Waals surface area contributed by atoms with Crippen LogP contribution in [0.1, 0.15) is 77.1 Å². The van der Waals surface area contributed by atoms with Crippen molar-refractivity contribution in [1.82, 2.24) is 25.1 Å². The maximum absolute atomic E-state index is 14.1. The number of nitrogens with one attached hydrogen (secondary N) is 1. The standard InChI is InChI=1S/C33H47FN6O4/c1-22(2)38(6)30(41)26-15-24(34)9-12-27(26)43-28-16-35-21-36-29(28)40-19-33(20-40)17-39(18-33)14-13-23-7-10-25(11-8-23)37-31(42)44-32(3,4)5/h9,12,15-16,21-23,25H,7-8,10-11,13-14,17-20H2,1-6H3,(H,37,42). The van der Waals surface area contributed by atoms with Crippen LogP contribution in [0.15, 0.2) is 30.7 Å². The van der Waals surface area contributed by atoms with Gasteiger partial charge in [-0.1, -0.05) is 0 Å². The Kier molecular flexibility index (Phi) is 9.34. The lowest BCUT2D eigenvalue weighted by molar-refractivity contribution is -0.0258. The van der Waals surface area contributed by atoms with Crippen LogP contribution in [0.5, 0.6) is 11.5 Å². The van der Waals surface area contributed by atoms with Gasteiger partial charge in [-0.2, -0.15) is 0 Å². The first-order chi connectivity index (χ1) is 20.8. The molecule has 10 nitrogen and oxygen atoms in total. The number of carbonyl (C=O) groups excluding carboxylic acids is 2. The van der Waals surface area contributed by atoms with Crippen molar-refractivity contribution < 1.29 is 23.5 Å². The first-order valence-electron chi connectivity index (χ1n) is 15.8. The summed E-state index contributed by atoms with van der Waals surface area (Å²) in [7, 11) is 1.69. The van der Waals surface area contributed by atoms with Gasteiger partial charge in [-0.25, -0.2) is 19.2 Å². The average Bonchev–Trinajstić information content (AvgIpc) is 2.92. The van der Waals surface area contributed by atoms with Crippen LogP contribution >= 0.6 is 0 Å². The third-order valence-corrected chi connectivity index (χ3v) is 9.04. The van der Waals surface area contributed by atoms with Crippen molar-refractivity contribution in [1.29, 1.82) is 0 Å². The number of halogens is 1. The SMILES string of the molecule is CC(C)N(C)C(=O)c1cc(F)ccc1Oc1cncnc1N1CC2(CN(CCC3CCC(NC(=O)OC(C)(C)C)CC3)C2)C1. The Bertz CT molecular complexity index is 1330. The Labute approximate surface area is 260 Å². The lowest BCUT2D eigenvalue weighted by atomic mass is 9.72. The molecular formula is C33H47FN6O4. The van der Waals surface area contributed by atoms with E-state index in [9.17, 15) is 14.0 Å². The number of benzene rings is 1. The second-order valence-electron chi connectivity index (χ2n) is 14.2. The van der Waals surface area contributed by atoms with Crippen LogP contribution in [0.3, 0.4) is 0 Å². The van der Waals surface area contributed by atoms with E-state index in [1.165, 1.54) is 30.9 Å². The zero-order valence-corrected chi connectivity index (χ0v) is 26.9. The molecule has 1 N–H and O–H groups in total. The highest BCUT2D eigenvalue weighted by atomic mass is 19.1. The highest BCUT2D eigenvalue weighted by Crippen LogP contribution is 2.44. The quantitative estimate of drug-likeness (QED) is 0.398. The highest BCUT2D eigenvalue weighted by molar-refractivity contribution is 5.97. The molecule has 5 rings (SSSR count). The molecule has 1 spiro atoms. The molecule has 2 aromatic rings. The molecule has 3 aliphatic rings. The monoisotopic (exact) mass is 610 g/mol. The molecule has 240 valence electrons. The van der Waals surface area contributed by atoms with Crippen molar-refractivity contribution in [3.05, 3.63) is 42.1 Å². The van der Waals surface area contributed by atoms with Crippen molar-refractivity contribution in [2.45, 2.75) is 84.4 Å². The summed E-state index contributed by atoms with van der Waals surface area (Å²) < 4.78 is 25.7. The summed E-state index contributed by atoms with van der Waals surface area (Å²) >= 11 is 0. The third kappa shape index (κ3) is 7.60. The van der Waals surface area contributed by atoms with Gasteiger partial charge in [0.1, 0.15) is 23.5 Å². The van der Waals surface area contributed by atoms with Crippen LogP contribution in [-0.4, -0.2) is 89.2 Å². The second-order valence-corrected chi connectivity index (χ2v) is 14.2. The Morgan fingerprint density at radius 3 is 2.48 bits per heavy atom. The molecule has 2 aliphatic heterocycles. The third-order valence-electron chi connectivity index (χ3n) is 9.04. The van der Waals surface area contributed by atoms with Gasteiger partial charge in [-0.15, -0.1) is 0 Å². The summed E-state index contributed by atoms with van der Waals surface area (Å²) in [5.41, 5.74) is -0.0504. The summed E-state index contributed by atoms with van der Waals surface area (Å²) in [5.74, 6) is 1.30. The van der Waals surface area contributed by atoms with Crippen LogP contribution in [0.4, 0.5) is 15.0 Å². The molecule has 2 amide bonds. The number of ether oxygens (including phenoxy) is 2. The molecule has 0 atom stereocenters. The molecule has 3 heterocycles.